The molecular formula is C13H19NO4. The van der Waals surface area contributed by atoms with E-state index in [4.69, 9.17) is 19.2 Å². The Bertz CT molecular complexity index is 433. The summed E-state index contributed by atoms with van der Waals surface area (Å²) in [6, 6.07) is 2.33. The molecule has 1 aromatic carbocycles. The number of ether oxygens (including phenoxy) is 2. The van der Waals surface area contributed by atoms with Gasteiger partial charge in [0.1, 0.15) is 12.4 Å². The molecular weight excluding hydrogens is 234 g/mol. The van der Waals surface area contributed by atoms with Crippen molar-refractivity contribution < 1.29 is 19.2 Å². The lowest BCUT2D eigenvalue weighted by Crippen LogP contribution is -2.23. The monoisotopic (exact) mass is 253 g/mol. The molecule has 1 aromatic rings. The van der Waals surface area contributed by atoms with Gasteiger partial charge in [0.05, 0.1) is 19.8 Å². The van der Waals surface area contributed by atoms with Gasteiger partial charge in [-0.1, -0.05) is 0 Å². The summed E-state index contributed by atoms with van der Waals surface area (Å²) < 4.78 is 10.8. The van der Waals surface area contributed by atoms with Gasteiger partial charge in [-0.15, -0.1) is 0 Å². The van der Waals surface area contributed by atoms with E-state index in [1.807, 2.05) is 13.1 Å². The molecule has 0 spiro atoms. The fraction of sp³-hybridized carbons (Fsp3) is 0.538. The number of methoxy groups -OCH3 is 2. The minimum absolute atomic E-state index is 0.337. The van der Waals surface area contributed by atoms with Crippen molar-refractivity contribution in [2.75, 3.05) is 21.3 Å². The van der Waals surface area contributed by atoms with E-state index in [0.717, 1.165) is 29.0 Å². The van der Waals surface area contributed by atoms with Crippen LogP contribution in [0.3, 0.4) is 0 Å². The number of hydrogen-bond acceptors (Lipinski definition) is 5. The molecule has 0 bridgehead atoms. The van der Waals surface area contributed by atoms with E-state index in [-0.39, 0.29) is 0 Å². The molecule has 1 atom stereocenters. The Labute approximate surface area is 107 Å². The molecule has 0 saturated heterocycles. The van der Waals surface area contributed by atoms with Crippen molar-refractivity contribution in [1.29, 1.82) is 0 Å². The van der Waals surface area contributed by atoms with Crippen molar-refractivity contribution in [1.82, 2.24) is 5.32 Å². The third-order valence-electron chi connectivity index (χ3n) is 3.16. The van der Waals surface area contributed by atoms with Crippen LogP contribution in [0.5, 0.6) is 17.2 Å². The van der Waals surface area contributed by atoms with E-state index < -0.39 is 0 Å². The van der Waals surface area contributed by atoms with E-state index >= 15 is 0 Å². The number of fused-ring (bicyclic) bond motifs is 1. The lowest BCUT2D eigenvalue weighted by atomic mass is 10.0. The second-order valence-electron chi connectivity index (χ2n) is 4.32. The molecule has 1 unspecified atom stereocenters. The van der Waals surface area contributed by atoms with Crippen molar-refractivity contribution in [3.8, 4) is 17.2 Å². The molecule has 0 aliphatic carbocycles. The highest BCUT2D eigenvalue weighted by Gasteiger charge is 2.27. The molecule has 0 amide bonds. The molecule has 0 saturated carbocycles. The second-order valence-corrected chi connectivity index (χ2v) is 4.32. The molecule has 18 heavy (non-hydrogen) atoms. The van der Waals surface area contributed by atoms with Crippen LogP contribution in [0.4, 0.5) is 0 Å². The molecule has 1 N–H and O–H groups in total. The SMILES string of the molecule is CNC(C)Cc1cc(OC)c2c(c1OC)OOC2. The fourth-order valence-electron chi connectivity index (χ4n) is 2.07. The highest BCUT2D eigenvalue weighted by molar-refractivity contribution is 5.59. The van der Waals surface area contributed by atoms with E-state index in [2.05, 4.69) is 12.2 Å². The normalized spacial score (nSPS) is 14.9. The zero-order chi connectivity index (χ0) is 13.1. The Morgan fingerprint density at radius 3 is 2.78 bits per heavy atom. The van der Waals surface area contributed by atoms with Crippen molar-refractivity contribution in [3.05, 3.63) is 17.2 Å². The zero-order valence-corrected chi connectivity index (χ0v) is 11.2. The maximum Gasteiger partial charge on any atom is 0.216 e. The molecule has 0 radical (unpaired) electrons. The second kappa shape index (κ2) is 5.46. The van der Waals surface area contributed by atoms with Gasteiger partial charge in [-0.05, 0) is 26.5 Å². The minimum Gasteiger partial charge on any atom is -0.496 e. The van der Waals surface area contributed by atoms with Crippen LogP contribution in [0.1, 0.15) is 18.1 Å². The molecule has 100 valence electrons. The van der Waals surface area contributed by atoms with Crippen molar-refractivity contribution >= 4 is 0 Å². The highest BCUT2D eigenvalue weighted by Crippen LogP contribution is 2.44. The molecule has 5 nitrogen and oxygen atoms in total. The average Bonchev–Trinajstić information content (AvgIpc) is 2.86. The van der Waals surface area contributed by atoms with Crippen LogP contribution in [0.15, 0.2) is 6.07 Å². The van der Waals surface area contributed by atoms with Gasteiger partial charge in [-0.25, -0.2) is 0 Å². The first-order valence-corrected chi connectivity index (χ1v) is 5.94. The van der Waals surface area contributed by atoms with E-state index in [0.29, 0.717) is 18.4 Å². The lowest BCUT2D eigenvalue weighted by Gasteiger charge is -2.16. The number of likely N-dealkylation sites (N-methyl/N-ethyl adjacent to an activating group) is 1. The quantitative estimate of drug-likeness (QED) is 0.809. The Morgan fingerprint density at radius 2 is 2.17 bits per heavy atom. The van der Waals surface area contributed by atoms with Gasteiger partial charge in [0, 0.05) is 11.6 Å². The van der Waals surface area contributed by atoms with Crippen molar-refractivity contribution in [2.24, 2.45) is 0 Å². The molecule has 1 aliphatic rings. The molecule has 5 heteroatoms. The Kier molecular flexibility index (Phi) is 3.93. The number of rotatable bonds is 5. The summed E-state index contributed by atoms with van der Waals surface area (Å²) in [6.07, 6.45) is 0.826. The zero-order valence-electron chi connectivity index (χ0n) is 11.2. The van der Waals surface area contributed by atoms with Gasteiger partial charge in [-0.2, -0.15) is 4.89 Å². The van der Waals surface area contributed by atoms with Gasteiger partial charge >= 0.3 is 0 Å². The summed E-state index contributed by atoms with van der Waals surface area (Å²) in [5.74, 6) is 2.14. The maximum absolute atomic E-state index is 5.44. The fourth-order valence-corrected chi connectivity index (χ4v) is 2.07. The van der Waals surface area contributed by atoms with E-state index in [1.165, 1.54) is 0 Å². The van der Waals surface area contributed by atoms with Crippen LogP contribution in [0.2, 0.25) is 0 Å². The summed E-state index contributed by atoms with van der Waals surface area (Å²) in [5.41, 5.74) is 1.94. The van der Waals surface area contributed by atoms with Gasteiger partial charge in [0.2, 0.25) is 5.75 Å². The average molecular weight is 253 g/mol. The predicted octanol–water partition coefficient (Wildman–Crippen LogP) is 1.68. The van der Waals surface area contributed by atoms with Crippen LogP contribution < -0.4 is 19.7 Å². The highest BCUT2D eigenvalue weighted by atomic mass is 17.2. The van der Waals surface area contributed by atoms with Crippen molar-refractivity contribution in [2.45, 2.75) is 26.0 Å². The van der Waals surface area contributed by atoms with Gasteiger partial charge < -0.3 is 19.7 Å². The van der Waals surface area contributed by atoms with Gasteiger partial charge in [0.25, 0.3) is 0 Å². The van der Waals surface area contributed by atoms with Crippen LogP contribution in [0, 0.1) is 0 Å². The number of hydrogen-bond donors (Lipinski definition) is 1. The van der Waals surface area contributed by atoms with Gasteiger partial charge in [0.15, 0.2) is 5.75 Å². The first kappa shape index (κ1) is 13.0. The maximum atomic E-state index is 5.44. The Morgan fingerprint density at radius 1 is 1.39 bits per heavy atom. The Hall–Kier alpha value is -1.46. The summed E-state index contributed by atoms with van der Waals surface area (Å²) in [7, 11) is 5.21. The van der Waals surface area contributed by atoms with Gasteiger partial charge in [-0.3, -0.25) is 0 Å². The van der Waals surface area contributed by atoms with E-state index in [1.54, 1.807) is 14.2 Å². The molecule has 2 rings (SSSR count). The summed E-state index contributed by atoms with van der Waals surface area (Å²) in [5, 5.41) is 3.20. The first-order valence-electron chi connectivity index (χ1n) is 5.94. The minimum atomic E-state index is 0.337. The predicted molar refractivity (Wildman–Crippen MR) is 67.2 cm³/mol. The molecule has 1 heterocycles. The van der Waals surface area contributed by atoms with Crippen LogP contribution >= 0.6 is 0 Å². The molecule has 0 fully saturated rings. The number of benzene rings is 1. The van der Waals surface area contributed by atoms with Crippen LogP contribution in [0.25, 0.3) is 0 Å². The first-order chi connectivity index (χ1) is 8.71. The summed E-state index contributed by atoms with van der Waals surface area (Å²) in [4.78, 5) is 10.2. The lowest BCUT2D eigenvalue weighted by molar-refractivity contribution is -0.195. The largest absolute Gasteiger partial charge is 0.496 e. The molecule has 1 aliphatic heterocycles. The third kappa shape index (κ3) is 2.23. The summed E-state index contributed by atoms with van der Waals surface area (Å²) in [6.45, 7) is 2.49. The van der Waals surface area contributed by atoms with Crippen LogP contribution in [-0.4, -0.2) is 27.3 Å². The number of nitrogens with one attached hydrogen (secondary N) is 1. The topological polar surface area (TPSA) is 49.0 Å². The van der Waals surface area contributed by atoms with E-state index in [9.17, 15) is 0 Å². The molecule has 0 aromatic heterocycles. The Balaban J connectivity index is 2.45. The standard InChI is InChI=1S/C13H19NO4/c1-8(14-2)5-9-6-11(15-3)10-7-17-18-13(10)12(9)16-4/h6,8,14H,5,7H2,1-4H3. The third-order valence-corrected chi connectivity index (χ3v) is 3.16. The smallest absolute Gasteiger partial charge is 0.216 e. The summed E-state index contributed by atoms with van der Waals surface area (Å²) >= 11 is 0. The van der Waals surface area contributed by atoms with Crippen LogP contribution in [-0.2, 0) is 17.9 Å². The van der Waals surface area contributed by atoms with Crippen molar-refractivity contribution in [3.63, 3.8) is 0 Å².